The summed E-state index contributed by atoms with van der Waals surface area (Å²) in [5.41, 5.74) is 1.39. The molecular weight excluding hydrogens is 318 g/mol. The number of carboxylic acid groups (broad SMARTS) is 1. The van der Waals surface area contributed by atoms with E-state index in [0.29, 0.717) is 18.5 Å². The molecule has 7 nitrogen and oxygen atoms in total. The van der Waals surface area contributed by atoms with Crippen LogP contribution >= 0.6 is 0 Å². The highest BCUT2D eigenvalue weighted by Crippen LogP contribution is 2.11. The summed E-state index contributed by atoms with van der Waals surface area (Å²) in [6.45, 7) is 0.300. The predicted molar refractivity (Wildman–Crippen MR) is 84.4 cm³/mol. The summed E-state index contributed by atoms with van der Waals surface area (Å²) in [6, 6.07) is 5.81. The number of rotatable bonds is 7. The summed E-state index contributed by atoms with van der Waals surface area (Å²) in [7, 11) is -1.97. The summed E-state index contributed by atoms with van der Waals surface area (Å²) in [4.78, 5) is 18.8. The van der Waals surface area contributed by atoms with E-state index in [2.05, 4.69) is 9.97 Å². The molecule has 8 heteroatoms. The second-order valence-corrected chi connectivity index (χ2v) is 7.10. The average molecular weight is 335 g/mol. The van der Waals surface area contributed by atoms with E-state index in [9.17, 15) is 13.2 Å². The van der Waals surface area contributed by atoms with E-state index < -0.39 is 16.0 Å². The van der Waals surface area contributed by atoms with Gasteiger partial charge in [-0.2, -0.15) is 0 Å². The molecule has 1 heterocycles. The zero-order valence-electron chi connectivity index (χ0n) is 12.6. The fourth-order valence-electron chi connectivity index (χ4n) is 1.93. The number of nitrogens with zero attached hydrogens (tertiary/aromatic N) is 3. The number of sulfonamides is 1. The van der Waals surface area contributed by atoms with Crippen molar-refractivity contribution in [1.29, 1.82) is 0 Å². The topological polar surface area (TPSA) is 100 Å². The molecule has 0 aliphatic heterocycles. The van der Waals surface area contributed by atoms with Gasteiger partial charge in [-0.3, -0.25) is 9.97 Å². The highest BCUT2D eigenvalue weighted by atomic mass is 32.2. The predicted octanol–water partition coefficient (Wildman–Crippen LogP) is 1.18. The molecule has 0 bridgehead atoms. The first kappa shape index (κ1) is 17.0. The number of aromatic carboxylic acids is 1. The number of hydrogen-bond donors (Lipinski definition) is 1. The monoisotopic (exact) mass is 335 g/mol. The normalized spacial score (nSPS) is 11.6. The van der Waals surface area contributed by atoms with Crippen molar-refractivity contribution in [3.8, 4) is 0 Å². The number of carbonyl (C=O) groups is 1. The maximum atomic E-state index is 12.3. The third-order valence-corrected chi connectivity index (χ3v) is 5.15. The SMILES string of the molecule is CN(CCc1cnccn1)S(=O)(=O)Cc1ccc(C(=O)O)cc1. The zero-order valence-corrected chi connectivity index (χ0v) is 13.4. The van der Waals surface area contributed by atoms with Gasteiger partial charge in [0.05, 0.1) is 17.0 Å². The minimum absolute atomic E-state index is 0.127. The Hall–Kier alpha value is -2.32. The van der Waals surface area contributed by atoms with E-state index in [-0.39, 0.29) is 11.3 Å². The van der Waals surface area contributed by atoms with Crippen LogP contribution in [0.5, 0.6) is 0 Å². The van der Waals surface area contributed by atoms with Crippen LogP contribution in [0.1, 0.15) is 21.6 Å². The van der Waals surface area contributed by atoms with Gasteiger partial charge in [0.15, 0.2) is 0 Å². The molecule has 1 N–H and O–H groups in total. The molecular formula is C15H17N3O4S. The number of benzene rings is 1. The molecule has 0 saturated heterocycles. The lowest BCUT2D eigenvalue weighted by Crippen LogP contribution is -2.30. The molecule has 0 spiro atoms. The Labute approximate surface area is 134 Å². The quantitative estimate of drug-likeness (QED) is 0.815. The molecule has 1 aromatic carbocycles. The van der Waals surface area contributed by atoms with E-state index in [4.69, 9.17) is 5.11 Å². The number of likely N-dealkylation sites (N-methyl/N-ethyl adjacent to an activating group) is 1. The van der Waals surface area contributed by atoms with Gasteiger partial charge in [-0.15, -0.1) is 0 Å². The van der Waals surface area contributed by atoms with Gasteiger partial charge in [0.1, 0.15) is 0 Å². The van der Waals surface area contributed by atoms with Crippen LogP contribution < -0.4 is 0 Å². The smallest absolute Gasteiger partial charge is 0.335 e. The third kappa shape index (κ3) is 4.83. The molecule has 122 valence electrons. The van der Waals surface area contributed by atoms with Crippen molar-refractivity contribution in [2.24, 2.45) is 0 Å². The van der Waals surface area contributed by atoms with E-state index in [0.717, 1.165) is 5.69 Å². The van der Waals surface area contributed by atoms with Crippen LogP contribution in [-0.4, -0.2) is 47.4 Å². The Kier molecular flexibility index (Phi) is 5.41. The van der Waals surface area contributed by atoms with Gasteiger partial charge in [-0.05, 0) is 17.7 Å². The first-order chi connectivity index (χ1) is 10.9. The van der Waals surface area contributed by atoms with Gasteiger partial charge in [0.25, 0.3) is 0 Å². The number of hydrogen-bond acceptors (Lipinski definition) is 5. The highest BCUT2D eigenvalue weighted by Gasteiger charge is 2.18. The van der Waals surface area contributed by atoms with Crippen LogP contribution in [0.4, 0.5) is 0 Å². The van der Waals surface area contributed by atoms with Crippen LogP contribution in [-0.2, 0) is 22.2 Å². The van der Waals surface area contributed by atoms with Gasteiger partial charge in [0.2, 0.25) is 10.0 Å². The molecule has 0 aliphatic carbocycles. The summed E-state index contributed by atoms with van der Waals surface area (Å²) in [5, 5.41) is 8.84. The second-order valence-electron chi connectivity index (χ2n) is 5.03. The fourth-order valence-corrected chi connectivity index (χ4v) is 3.14. The molecule has 0 aliphatic rings. The van der Waals surface area contributed by atoms with E-state index in [1.165, 1.54) is 35.6 Å². The Morgan fingerprint density at radius 1 is 1.22 bits per heavy atom. The van der Waals surface area contributed by atoms with Crippen molar-refractivity contribution in [2.45, 2.75) is 12.2 Å². The highest BCUT2D eigenvalue weighted by molar-refractivity contribution is 7.88. The van der Waals surface area contributed by atoms with Gasteiger partial charge < -0.3 is 5.11 Å². The number of carboxylic acids is 1. The van der Waals surface area contributed by atoms with Crippen molar-refractivity contribution < 1.29 is 18.3 Å². The van der Waals surface area contributed by atoms with Crippen LogP contribution in [0.25, 0.3) is 0 Å². The Morgan fingerprint density at radius 2 is 1.91 bits per heavy atom. The van der Waals surface area contributed by atoms with Gasteiger partial charge in [-0.25, -0.2) is 17.5 Å². The van der Waals surface area contributed by atoms with E-state index in [1.54, 1.807) is 18.6 Å². The molecule has 2 rings (SSSR count). The third-order valence-electron chi connectivity index (χ3n) is 3.32. The maximum Gasteiger partial charge on any atom is 0.335 e. The molecule has 23 heavy (non-hydrogen) atoms. The largest absolute Gasteiger partial charge is 0.478 e. The minimum atomic E-state index is -3.48. The lowest BCUT2D eigenvalue weighted by atomic mass is 10.1. The van der Waals surface area contributed by atoms with Crippen molar-refractivity contribution in [1.82, 2.24) is 14.3 Å². The summed E-state index contributed by atoms with van der Waals surface area (Å²) in [6.07, 6.45) is 5.20. The van der Waals surface area contributed by atoms with Crippen LogP contribution in [0.15, 0.2) is 42.9 Å². The van der Waals surface area contributed by atoms with Crippen molar-refractivity contribution in [3.05, 3.63) is 59.7 Å². The average Bonchev–Trinajstić information content (AvgIpc) is 2.53. The zero-order chi connectivity index (χ0) is 16.9. The van der Waals surface area contributed by atoms with Gasteiger partial charge >= 0.3 is 5.97 Å². The standard InChI is InChI=1S/C15H17N3O4S/c1-18(9-6-14-10-16-7-8-17-14)23(21,22)11-12-2-4-13(5-3-12)15(19)20/h2-5,7-8,10H,6,9,11H2,1H3,(H,19,20). The van der Waals surface area contributed by atoms with Crippen molar-refractivity contribution in [3.63, 3.8) is 0 Å². The Bertz CT molecular complexity index is 761. The van der Waals surface area contributed by atoms with Crippen molar-refractivity contribution >= 4 is 16.0 Å². The molecule has 1 aromatic heterocycles. The van der Waals surface area contributed by atoms with Crippen molar-refractivity contribution in [2.75, 3.05) is 13.6 Å². The summed E-state index contributed by atoms with van der Waals surface area (Å²) < 4.78 is 25.9. The second kappa shape index (κ2) is 7.30. The molecule has 0 saturated carbocycles. The summed E-state index contributed by atoms with van der Waals surface area (Å²) in [5.74, 6) is -1.22. The molecule has 0 radical (unpaired) electrons. The lowest BCUT2D eigenvalue weighted by Gasteiger charge is -2.17. The first-order valence-electron chi connectivity index (χ1n) is 6.89. The minimum Gasteiger partial charge on any atom is -0.478 e. The van der Waals surface area contributed by atoms with Crippen LogP contribution in [0, 0.1) is 0 Å². The van der Waals surface area contributed by atoms with E-state index >= 15 is 0 Å². The molecule has 2 aromatic rings. The molecule has 0 amide bonds. The fraction of sp³-hybridized carbons (Fsp3) is 0.267. The lowest BCUT2D eigenvalue weighted by molar-refractivity contribution is 0.0697. The summed E-state index contributed by atoms with van der Waals surface area (Å²) >= 11 is 0. The van der Waals surface area contributed by atoms with E-state index in [1.807, 2.05) is 0 Å². The van der Waals surface area contributed by atoms with Gasteiger partial charge in [0, 0.05) is 38.6 Å². The molecule has 0 fully saturated rings. The Balaban J connectivity index is 1.98. The maximum absolute atomic E-state index is 12.3. The first-order valence-corrected chi connectivity index (χ1v) is 8.50. The Morgan fingerprint density at radius 3 is 2.48 bits per heavy atom. The van der Waals surface area contributed by atoms with Gasteiger partial charge in [-0.1, -0.05) is 12.1 Å². The van der Waals surface area contributed by atoms with Crippen LogP contribution in [0.3, 0.4) is 0 Å². The number of aromatic nitrogens is 2. The molecule has 0 atom stereocenters. The van der Waals surface area contributed by atoms with Crippen LogP contribution in [0.2, 0.25) is 0 Å². The molecule has 0 unspecified atom stereocenters.